The molecule has 0 radical (unpaired) electrons. The van der Waals surface area contributed by atoms with Crippen LogP contribution in [0.5, 0.6) is 0 Å². The Balaban J connectivity index is 2.39. The van der Waals surface area contributed by atoms with E-state index in [1.165, 1.54) is 45.6 Å². The lowest BCUT2D eigenvalue weighted by atomic mass is 10.1. The predicted octanol–water partition coefficient (Wildman–Crippen LogP) is 3.98. The van der Waals surface area contributed by atoms with Crippen molar-refractivity contribution in [3.8, 4) is 0 Å². The summed E-state index contributed by atoms with van der Waals surface area (Å²) in [5, 5.41) is 2.98. The standard InChI is InChI=1S/C20H23Cl2N3O4S/c1-5-25(6-2)30(28,29)14-8-10-17(21)15(12-14)19(26)23-13-7-9-18(22)16(11-13)20(27)24(3)4/h7-12H,5-6H2,1-4H3,(H,23,26). The summed E-state index contributed by atoms with van der Waals surface area (Å²) < 4.78 is 26.8. The molecule has 0 heterocycles. The first-order chi connectivity index (χ1) is 14.0. The molecule has 0 saturated carbocycles. The van der Waals surface area contributed by atoms with Crippen LogP contribution in [0, 0.1) is 0 Å². The first-order valence-electron chi connectivity index (χ1n) is 9.15. The number of halogens is 2. The normalized spacial score (nSPS) is 11.4. The molecule has 2 aromatic carbocycles. The molecule has 2 amide bonds. The molecule has 0 bridgehead atoms. The van der Waals surface area contributed by atoms with Crippen molar-refractivity contribution in [1.82, 2.24) is 9.21 Å². The number of sulfonamides is 1. The molecule has 0 fully saturated rings. The zero-order valence-electron chi connectivity index (χ0n) is 17.1. The minimum Gasteiger partial charge on any atom is -0.345 e. The highest BCUT2D eigenvalue weighted by Gasteiger charge is 2.24. The van der Waals surface area contributed by atoms with Crippen LogP contribution in [0.2, 0.25) is 10.0 Å². The maximum atomic E-state index is 12.8. The summed E-state index contributed by atoms with van der Waals surface area (Å²) in [6, 6.07) is 8.46. The number of carbonyl (C=O) groups is 2. The van der Waals surface area contributed by atoms with Crippen LogP contribution < -0.4 is 5.32 Å². The first-order valence-corrected chi connectivity index (χ1v) is 11.3. The molecular weight excluding hydrogens is 449 g/mol. The highest BCUT2D eigenvalue weighted by atomic mass is 35.5. The van der Waals surface area contributed by atoms with Crippen LogP contribution >= 0.6 is 23.2 Å². The molecule has 1 N–H and O–H groups in total. The molecule has 0 atom stereocenters. The molecule has 0 aromatic heterocycles. The van der Waals surface area contributed by atoms with Crippen molar-refractivity contribution >= 4 is 50.7 Å². The molecule has 0 aliphatic rings. The van der Waals surface area contributed by atoms with Gasteiger partial charge in [0.1, 0.15) is 0 Å². The topological polar surface area (TPSA) is 86.8 Å². The highest BCUT2D eigenvalue weighted by Crippen LogP contribution is 2.26. The summed E-state index contributed by atoms with van der Waals surface area (Å²) >= 11 is 12.2. The summed E-state index contributed by atoms with van der Waals surface area (Å²) in [4.78, 5) is 26.4. The monoisotopic (exact) mass is 471 g/mol. The van der Waals surface area contributed by atoms with Gasteiger partial charge in [-0.15, -0.1) is 0 Å². The van der Waals surface area contributed by atoms with Crippen LogP contribution in [0.15, 0.2) is 41.3 Å². The van der Waals surface area contributed by atoms with Gasteiger partial charge in [-0.25, -0.2) is 8.42 Å². The lowest BCUT2D eigenvalue weighted by molar-refractivity contribution is 0.0827. The zero-order chi connectivity index (χ0) is 22.6. The van der Waals surface area contributed by atoms with Gasteiger partial charge in [0.05, 0.1) is 26.1 Å². The Bertz CT molecular complexity index is 1070. The number of nitrogens with zero attached hydrogens (tertiary/aromatic N) is 2. The van der Waals surface area contributed by atoms with Crippen molar-refractivity contribution in [3.05, 3.63) is 57.6 Å². The highest BCUT2D eigenvalue weighted by molar-refractivity contribution is 7.89. The second-order valence-corrected chi connectivity index (χ2v) is 9.33. The van der Waals surface area contributed by atoms with Crippen LogP contribution in [-0.4, -0.2) is 56.6 Å². The summed E-state index contributed by atoms with van der Waals surface area (Å²) in [6.45, 7) is 4.07. The smallest absolute Gasteiger partial charge is 0.257 e. The second-order valence-electron chi connectivity index (χ2n) is 6.58. The van der Waals surface area contributed by atoms with Crippen LogP contribution in [0.25, 0.3) is 0 Å². The number of benzene rings is 2. The van der Waals surface area contributed by atoms with Gasteiger partial charge in [0, 0.05) is 32.9 Å². The van der Waals surface area contributed by atoms with E-state index in [1.54, 1.807) is 27.9 Å². The Hall–Kier alpha value is -2.13. The molecule has 7 nitrogen and oxygen atoms in total. The average Bonchev–Trinajstić information content (AvgIpc) is 2.69. The minimum atomic E-state index is -3.75. The third kappa shape index (κ3) is 5.13. The number of anilines is 1. The average molecular weight is 472 g/mol. The van der Waals surface area contributed by atoms with Gasteiger partial charge in [-0.3, -0.25) is 9.59 Å². The summed E-state index contributed by atoms with van der Waals surface area (Å²) in [6.07, 6.45) is 0. The van der Waals surface area contributed by atoms with Crippen LogP contribution in [0.4, 0.5) is 5.69 Å². The van der Waals surface area contributed by atoms with E-state index in [-0.39, 0.29) is 32.0 Å². The van der Waals surface area contributed by atoms with Gasteiger partial charge >= 0.3 is 0 Å². The van der Waals surface area contributed by atoms with Gasteiger partial charge in [-0.2, -0.15) is 4.31 Å². The van der Waals surface area contributed by atoms with Crippen molar-refractivity contribution in [2.75, 3.05) is 32.5 Å². The van der Waals surface area contributed by atoms with Gasteiger partial charge in [0.2, 0.25) is 10.0 Å². The fourth-order valence-corrected chi connectivity index (χ4v) is 4.64. The Morgan fingerprint density at radius 2 is 1.50 bits per heavy atom. The number of nitrogens with one attached hydrogen (secondary N) is 1. The van der Waals surface area contributed by atoms with Crippen molar-refractivity contribution in [2.45, 2.75) is 18.7 Å². The van der Waals surface area contributed by atoms with Gasteiger partial charge in [-0.05, 0) is 36.4 Å². The molecule has 0 saturated heterocycles. The van der Waals surface area contributed by atoms with E-state index in [9.17, 15) is 18.0 Å². The molecule has 0 aliphatic heterocycles. The molecule has 2 aromatic rings. The van der Waals surface area contributed by atoms with E-state index in [0.717, 1.165) is 0 Å². The third-order valence-electron chi connectivity index (χ3n) is 4.39. The lowest BCUT2D eigenvalue weighted by Crippen LogP contribution is -2.30. The third-order valence-corrected chi connectivity index (χ3v) is 7.09. The van der Waals surface area contributed by atoms with Gasteiger partial charge in [-0.1, -0.05) is 37.0 Å². The maximum absolute atomic E-state index is 12.8. The van der Waals surface area contributed by atoms with E-state index >= 15 is 0 Å². The van der Waals surface area contributed by atoms with Crippen LogP contribution in [0.1, 0.15) is 34.6 Å². The first kappa shape index (κ1) is 24.1. The number of amides is 2. The SMILES string of the molecule is CCN(CC)S(=O)(=O)c1ccc(Cl)c(C(=O)Nc2ccc(Cl)c(C(=O)N(C)C)c2)c1. The fourth-order valence-electron chi connectivity index (χ4n) is 2.76. The summed E-state index contributed by atoms with van der Waals surface area (Å²) in [5.74, 6) is -0.927. The molecule has 10 heteroatoms. The molecule has 0 aliphatic carbocycles. The summed E-state index contributed by atoms with van der Waals surface area (Å²) in [5.41, 5.74) is 0.548. The zero-order valence-corrected chi connectivity index (χ0v) is 19.4. The second kappa shape index (κ2) is 9.78. The van der Waals surface area contributed by atoms with E-state index in [4.69, 9.17) is 23.2 Å². The number of hydrogen-bond acceptors (Lipinski definition) is 4. The van der Waals surface area contributed by atoms with Crippen molar-refractivity contribution in [2.24, 2.45) is 0 Å². The van der Waals surface area contributed by atoms with Crippen molar-refractivity contribution in [3.63, 3.8) is 0 Å². The Morgan fingerprint density at radius 1 is 0.933 bits per heavy atom. The van der Waals surface area contributed by atoms with E-state index in [0.29, 0.717) is 18.8 Å². The van der Waals surface area contributed by atoms with E-state index in [2.05, 4.69) is 5.32 Å². The van der Waals surface area contributed by atoms with Gasteiger partial charge < -0.3 is 10.2 Å². The lowest BCUT2D eigenvalue weighted by Gasteiger charge is -2.19. The largest absolute Gasteiger partial charge is 0.345 e. The molecule has 162 valence electrons. The maximum Gasteiger partial charge on any atom is 0.257 e. The molecule has 2 rings (SSSR count). The van der Waals surface area contributed by atoms with E-state index < -0.39 is 15.9 Å². The van der Waals surface area contributed by atoms with Crippen LogP contribution in [-0.2, 0) is 10.0 Å². The molecular formula is C20H23Cl2N3O4S. The van der Waals surface area contributed by atoms with Gasteiger partial charge in [0.25, 0.3) is 11.8 Å². The fraction of sp³-hybridized carbons (Fsp3) is 0.300. The van der Waals surface area contributed by atoms with Crippen molar-refractivity contribution < 1.29 is 18.0 Å². The van der Waals surface area contributed by atoms with Crippen LogP contribution in [0.3, 0.4) is 0 Å². The summed E-state index contributed by atoms with van der Waals surface area (Å²) in [7, 11) is -0.575. The quantitative estimate of drug-likeness (QED) is 0.661. The predicted molar refractivity (Wildman–Crippen MR) is 119 cm³/mol. The number of carbonyl (C=O) groups excluding carboxylic acids is 2. The van der Waals surface area contributed by atoms with E-state index in [1.807, 2.05) is 0 Å². The molecule has 30 heavy (non-hydrogen) atoms. The molecule has 0 spiro atoms. The van der Waals surface area contributed by atoms with Gasteiger partial charge in [0.15, 0.2) is 0 Å². The minimum absolute atomic E-state index is 0.000309. The number of rotatable bonds is 7. The molecule has 0 unspecified atom stereocenters. The number of hydrogen-bond donors (Lipinski definition) is 1. The van der Waals surface area contributed by atoms with Crippen molar-refractivity contribution in [1.29, 1.82) is 0 Å². The Kier molecular flexibility index (Phi) is 7.87. The Morgan fingerprint density at radius 3 is 2.07 bits per heavy atom. The Labute approximate surface area is 186 Å².